The third-order valence-electron chi connectivity index (χ3n) is 2.94. The first kappa shape index (κ1) is 18.4. The van der Waals surface area contributed by atoms with Gasteiger partial charge < -0.3 is 16.8 Å². The molecular weight excluding hydrogens is 330 g/mol. The average molecular weight is 348 g/mol. The summed E-state index contributed by atoms with van der Waals surface area (Å²) in [6.45, 7) is 0.103. The van der Waals surface area contributed by atoms with Crippen molar-refractivity contribution in [3.05, 3.63) is 28.8 Å². The Labute approximate surface area is 133 Å². The van der Waals surface area contributed by atoms with Crippen molar-refractivity contribution in [1.29, 1.82) is 0 Å². The number of carbonyl (C=O) groups is 2. The molecule has 1 rings (SSSR count). The van der Waals surface area contributed by atoms with Gasteiger partial charge in [0.05, 0.1) is 10.9 Å². The highest BCUT2D eigenvalue weighted by atomic mass is 35.5. The standard InChI is InChI=1S/C13H18ClN3O4S/c1-22(20,21)9-3-2-8(10(14)6-9)7-17-13(19)11(15)4-5-12(16)18/h2-3,6,11H,4-5,7,15H2,1H3,(H2,16,18)(H,17,19)/t11-/m0/s1. The molecule has 9 heteroatoms. The molecule has 122 valence electrons. The minimum atomic E-state index is -3.34. The number of benzene rings is 1. The molecule has 0 aliphatic rings. The van der Waals surface area contributed by atoms with Crippen molar-refractivity contribution in [3.8, 4) is 0 Å². The Hall–Kier alpha value is -1.64. The fraction of sp³-hybridized carbons (Fsp3) is 0.385. The van der Waals surface area contributed by atoms with Gasteiger partial charge in [0.2, 0.25) is 11.8 Å². The molecule has 0 unspecified atom stereocenters. The van der Waals surface area contributed by atoms with E-state index in [1.165, 1.54) is 18.2 Å². The number of nitrogens with one attached hydrogen (secondary N) is 1. The Balaban J connectivity index is 2.65. The summed E-state index contributed by atoms with van der Waals surface area (Å²) in [7, 11) is -3.34. The van der Waals surface area contributed by atoms with Crippen molar-refractivity contribution >= 4 is 33.3 Å². The van der Waals surface area contributed by atoms with E-state index in [0.717, 1.165) is 6.26 Å². The van der Waals surface area contributed by atoms with Crippen LogP contribution in [0, 0.1) is 0 Å². The second-order valence-electron chi connectivity index (χ2n) is 4.85. The van der Waals surface area contributed by atoms with Crippen LogP contribution in [0.15, 0.2) is 23.1 Å². The van der Waals surface area contributed by atoms with E-state index in [9.17, 15) is 18.0 Å². The van der Waals surface area contributed by atoms with Crippen LogP contribution in [-0.2, 0) is 26.0 Å². The Morgan fingerprint density at radius 1 is 1.36 bits per heavy atom. The molecule has 0 aliphatic heterocycles. The van der Waals surface area contributed by atoms with Crippen LogP contribution in [0.3, 0.4) is 0 Å². The van der Waals surface area contributed by atoms with E-state index >= 15 is 0 Å². The maximum Gasteiger partial charge on any atom is 0.237 e. The summed E-state index contributed by atoms with van der Waals surface area (Å²) in [5.74, 6) is -0.966. The maximum atomic E-state index is 11.7. The van der Waals surface area contributed by atoms with Gasteiger partial charge in [-0.3, -0.25) is 9.59 Å². The summed E-state index contributed by atoms with van der Waals surface area (Å²) >= 11 is 5.99. The number of rotatable bonds is 7. The SMILES string of the molecule is CS(=O)(=O)c1ccc(CNC(=O)[C@@H](N)CCC(N)=O)c(Cl)c1. The Morgan fingerprint density at radius 2 is 2.00 bits per heavy atom. The molecule has 1 atom stereocenters. The van der Waals surface area contributed by atoms with E-state index in [1.54, 1.807) is 0 Å². The van der Waals surface area contributed by atoms with Crippen LogP contribution in [0.1, 0.15) is 18.4 Å². The first-order valence-corrected chi connectivity index (χ1v) is 8.68. The van der Waals surface area contributed by atoms with E-state index in [0.29, 0.717) is 5.56 Å². The van der Waals surface area contributed by atoms with Crippen molar-refractivity contribution in [2.75, 3.05) is 6.26 Å². The van der Waals surface area contributed by atoms with Crippen molar-refractivity contribution in [1.82, 2.24) is 5.32 Å². The molecule has 2 amide bonds. The molecule has 0 bridgehead atoms. The summed E-state index contributed by atoms with van der Waals surface area (Å²) < 4.78 is 22.8. The van der Waals surface area contributed by atoms with Gasteiger partial charge in [-0.25, -0.2) is 8.42 Å². The van der Waals surface area contributed by atoms with Crippen LogP contribution in [-0.4, -0.2) is 32.5 Å². The fourth-order valence-electron chi connectivity index (χ4n) is 1.64. The second kappa shape index (κ2) is 7.57. The van der Waals surface area contributed by atoms with Gasteiger partial charge >= 0.3 is 0 Å². The largest absolute Gasteiger partial charge is 0.370 e. The number of nitrogens with two attached hydrogens (primary N) is 2. The second-order valence-corrected chi connectivity index (χ2v) is 7.28. The quantitative estimate of drug-likeness (QED) is 0.636. The van der Waals surface area contributed by atoms with E-state index < -0.39 is 27.7 Å². The molecule has 0 aliphatic carbocycles. The van der Waals surface area contributed by atoms with Crippen molar-refractivity contribution in [2.24, 2.45) is 11.5 Å². The Morgan fingerprint density at radius 3 is 2.50 bits per heavy atom. The highest BCUT2D eigenvalue weighted by molar-refractivity contribution is 7.90. The lowest BCUT2D eigenvalue weighted by Crippen LogP contribution is -2.40. The predicted octanol–water partition coefficient (Wildman–Crippen LogP) is -0.0475. The molecule has 0 saturated carbocycles. The molecule has 0 fully saturated rings. The zero-order valence-corrected chi connectivity index (χ0v) is 13.6. The monoisotopic (exact) mass is 347 g/mol. The predicted molar refractivity (Wildman–Crippen MR) is 82.8 cm³/mol. The van der Waals surface area contributed by atoms with Gasteiger partial charge in [0, 0.05) is 24.2 Å². The molecule has 1 aromatic rings. The molecule has 22 heavy (non-hydrogen) atoms. The molecule has 0 saturated heterocycles. The van der Waals surface area contributed by atoms with Crippen molar-refractivity contribution < 1.29 is 18.0 Å². The number of carbonyl (C=O) groups excluding carboxylic acids is 2. The van der Waals surface area contributed by atoms with Gasteiger partial charge in [0.1, 0.15) is 0 Å². The maximum absolute atomic E-state index is 11.7. The molecule has 7 nitrogen and oxygen atoms in total. The zero-order chi connectivity index (χ0) is 16.9. The molecule has 0 spiro atoms. The average Bonchev–Trinajstić information content (AvgIpc) is 2.41. The Bertz CT molecular complexity index is 676. The first-order valence-electron chi connectivity index (χ1n) is 6.41. The van der Waals surface area contributed by atoms with E-state index in [4.69, 9.17) is 23.1 Å². The fourth-order valence-corrected chi connectivity index (χ4v) is 2.60. The summed E-state index contributed by atoms with van der Waals surface area (Å²) in [5.41, 5.74) is 11.2. The summed E-state index contributed by atoms with van der Waals surface area (Å²) in [4.78, 5) is 22.5. The lowest BCUT2D eigenvalue weighted by Gasteiger charge is -2.12. The zero-order valence-electron chi connectivity index (χ0n) is 12.0. The van der Waals surface area contributed by atoms with Gasteiger partial charge in [0.15, 0.2) is 9.84 Å². The third-order valence-corrected chi connectivity index (χ3v) is 4.41. The van der Waals surface area contributed by atoms with E-state index in [1.807, 2.05) is 0 Å². The number of sulfone groups is 1. The number of primary amides is 1. The Kier molecular flexibility index (Phi) is 6.34. The van der Waals surface area contributed by atoms with E-state index in [2.05, 4.69) is 5.32 Å². The van der Waals surface area contributed by atoms with Gasteiger partial charge in [-0.15, -0.1) is 0 Å². The van der Waals surface area contributed by atoms with Crippen LogP contribution >= 0.6 is 11.6 Å². The highest BCUT2D eigenvalue weighted by Crippen LogP contribution is 2.20. The minimum absolute atomic E-state index is 0.0262. The van der Waals surface area contributed by atoms with Crippen LogP contribution in [0.4, 0.5) is 0 Å². The molecule has 0 heterocycles. The van der Waals surface area contributed by atoms with Gasteiger partial charge in [0.25, 0.3) is 0 Å². The molecule has 5 N–H and O–H groups in total. The highest BCUT2D eigenvalue weighted by Gasteiger charge is 2.15. The summed E-state index contributed by atoms with van der Waals surface area (Å²) in [6, 6.07) is 3.41. The lowest BCUT2D eigenvalue weighted by molar-refractivity contribution is -0.123. The number of amides is 2. The van der Waals surface area contributed by atoms with Crippen molar-refractivity contribution in [2.45, 2.75) is 30.3 Å². The first-order chi connectivity index (χ1) is 10.1. The number of halogens is 1. The smallest absolute Gasteiger partial charge is 0.237 e. The summed E-state index contributed by atoms with van der Waals surface area (Å²) in [5, 5.41) is 2.80. The lowest BCUT2D eigenvalue weighted by atomic mass is 10.1. The molecule has 1 aromatic carbocycles. The van der Waals surface area contributed by atoms with Crippen LogP contribution in [0.25, 0.3) is 0 Å². The third kappa shape index (κ3) is 5.63. The minimum Gasteiger partial charge on any atom is -0.370 e. The number of hydrogen-bond donors (Lipinski definition) is 3. The van der Waals surface area contributed by atoms with Gasteiger partial charge in [-0.2, -0.15) is 0 Å². The normalized spacial score (nSPS) is 12.7. The van der Waals surface area contributed by atoms with Crippen LogP contribution in [0.2, 0.25) is 5.02 Å². The van der Waals surface area contributed by atoms with Gasteiger partial charge in [-0.05, 0) is 24.1 Å². The topological polar surface area (TPSA) is 132 Å². The van der Waals surface area contributed by atoms with Crippen LogP contribution < -0.4 is 16.8 Å². The van der Waals surface area contributed by atoms with Gasteiger partial charge in [-0.1, -0.05) is 17.7 Å². The molecule has 0 radical (unpaired) electrons. The molecular formula is C13H18ClN3O4S. The van der Waals surface area contributed by atoms with Crippen molar-refractivity contribution in [3.63, 3.8) is 0 Å². The van der Waals surface area contributed by atoms with E-state index in [-0.39, 0.29) is 29.3 Å². The molecule has 0 aromatic heterocycles. The summed E-state index contributed by atoms with van der Waals surface area (Å²) in [6.07, 6.45) is 1.26. The van der Waals surface area contributed by atoms with Crippen LogP contribution in [0.5, 0.6) is 0 Å². The number of hydrogen-bond acceptors (Lipinski definition) is 5.